The third-order valence-electron chi connectivity index (χ3n) is 2.61. The molecule has 18 heavy (non-hydrogen) atoms. The molecule has 0 saturated carbocycles. The lowest BCUT2D eigenvalue weighted by molar-refractivity contribution is 0.433. The van der Waals surface area contributed by atoms with E-state index in [4.69, 9.17) is 4.52 Å². The number of hydrogen-bond acceptors (Lipinski definition) is 4. The van der Waals surface area contributed by atoms with Crippen LogP contribution in [0, 0.1) is 6.92 Å². The van der Waals surface area contributed by atoms with E-state index >= 15 is 0 Å². The molecule has 0 fully saturated rings. The molecule has 0 radical (unpaired) electrons. The van der Waals surface area contributed by atoms with E-state index in [0.29, 0.717) is 5.76 Å². The zero-order valence-electron chi connectivity index (χ0n) is 9.87. The first-order valence-electron chi connectivity index (χ1n) is 5.64. The van der Waals surface area contributed by atoms with E-state index in [9.17, 15) is 0 Å². The van der Waals surface area contributed by atoms with Crippen LogP contribution in [0.1, 0.15) is 5.69 Å². The lowest BCUT2D eigenvalue weighted by Gasteiger charge is -1.95. The second kappa shape index (κ2) is 4.41. The highest BCUT2D eigenvalue weighted by molar-refractivity contribution is 5.64. The Morgan fingerprint density at radius 3 is 2.78 bits per heavy atom. The first-order valence-corrected chi connectivity index (χ1v) is 5.64. The summed E-state index contributed by atoms with van der Waals surface area (Å²) in [7, 11) is 0. The fraction of sp³-hybridized carbons (Fsp3) is 0.0714. The zero-order valence-corrected chi connectivity index (χ0v) is 9.87. The molecule has 0 saturated heterocycles. The van der Waals surface area contributed by atoms with Gasteiger partial charge in [-0.1, -0.05) is 11.2 Å². The van der Waals surface area contributed by atoms with Crippen molar-refractivity contribution in [2.45, 2.75) is 6.92 Å². The summed E-state index contributed by atoms with van der Waals surface area (Å²) in [5, 5.41) is 4.04. The van der Waals surface area contributed by atoms with Crippen molar-refractivity contribution in [3.8, 4) is 22.7 Å². The lowest BCUT2D eigenvalue weighted by atomic mass is 10.2. The van der Waals surface area contributed by atoms with E-state index in [1.165, 1.54) is 0 Å². The smallest absolute Gasteiger partial charge is 0.185 e. The average molecular weight is 237 g/mol. The number of aryl methyl sites for hydroxylation is 1. The van der Waals surface area contributed by atoms with Gasteiger partial charge in [0.1, 0.15) is 11.4 Å². The van der Waals surface area contributed by atoms with Crippen molar-refractivity contribution in [3.05, 3.63) is 54.5 Å². The standard InChI is InChI=1S/C14H11N3O/c1-10-4-2-6-12(16-10)14-8-13(17-18-14)11-5-3-7-15-9-11/h2-9H,1H3. The Hall–Kier alpha value is -2.49. The molecule has 0 spiro atoms. The molecule has 88 valence electrons. The van der Waals surface area contributed by atoms with Crippen molar-refractivity contribution in [1.29, 1.82) is 0 Å². The third-order valence-corrected chi connectivity index (χ3v) is 2.61. The largest absolute Gasteiger partial charge is 0.354 e. The molecule has 4 heteroatoms. The fourth-order valence-corrected chi connectivity index (χ4v) is 1.73. The van der Waals surface area contributed by atoms with Crippen molar-refractivity contribution >= 4 is 0 Å². The maximum atomic E-state index is 5.32. The summed E-state index contributed by atoms with van der Waals surface area (Å²) in [6.45, 7) is 1.95. The minimum atomic E-state index is 0.664. The van der Waals surface area contributed by atoms with Crippen molar-refractivity contribution in [2.24, 2.45) is 0 Å². The molecule has 0 aromatic carbocycles. The molecule has 0 amide bonds. The van der Waals surface area contributed by atoms with Gasteiger partial charge in [-0.25, -0.2) is 4.98 Å². The Labute approximate surface area is 104 Å². The van der Waals surface area contributed by atoms with Gasteiger partial charge in [0.25, 0.3) is 0 Å². The molecule has 3 rings (SSSR count). The number of nitrogens with zero attached hydrogens (tertiary/aromatic N) is 3. The monoisotopic (exact) mass is 237 g/mol. The summed E-state index contributed by atoms with van der Waals surface area (Å²) in [6, 6.07) is 11.5. The average Bonchev–Trinajstić information content (AvgIpc) is 2.89. The molecule has 0 aliphatic heterocycles. The second-order valence-electron chi connectivity index (χ2n) is 3.98. The van der Waals surface area contributed by atoms with Gasteiger partial charge in [0.05, 0.1) is 0 Å². The fourth-order valence-electron chi connectivity index (χ4n) is 1.73. The summed E-state index contributed by atoms with van der Waals surface area (Å²) in [5.41, 5.74) is 3.44. The second-order valence-corrected chi connectivity index (χ2v) is 3.98. The van der Waals surface area contributed by atoms with Crippen molar-refractivity contribution in [1.82, 2.24) is 15.1 Å². The topological polar surface area (TPSA) is 51.8 Å². The van der Waals surface area contributed by atoms with Crippen LogP contribution in [0.3, 0.4) is 0 Å². The highest BCUT2D eigenvalue weighted by Crippen LogP contribution is 2.24. The predicted octanol–water partition coefficient (Wildman–Crippen LogP) is 3.11. The summed E-state index contributed by atoms with van der Waals surface area (Å²) in [5.74, 6) is 0.664. The van der Waals surface area contributed by atoms with E-state index in [1.54, 1.807) is 12.4 Å². The molecule has 0 unspecified atom stereocenters. The Morgan fingerprint density at radius 2 is 2.00 bits per heavy atom. The number of aromatic nitrogens is 3. The molecule has 0 N–H and O–H groups in total. The van der Waals surface area contributed by atoms with Crippen LogP contribution in [0.5, 0.6) is 0 Å². The Bertz CT molecular complexity index is 662. The Balaban J connectivity index is 2.00. The lowest BCUT2D eigenvalue weighted by Crippen LogP contribution is -1.83. The van der Waals surface area contributed by atoms with E-state index < -0.39 is 0 Å². The maximum Gasteiger partial charge on any atom is 0.185 e. The van der Waals surface area contributed by atoms with Gasteiger partial charge in [0.15, 0.2) is 5.76 Å². The van der Waals surface area contributed by atoms with Crippen LogP contribution < -0.4 is 0 Å². The molecule has 0 bridgehead atoms. The Kier molecular flexibility index (Phi) is 2.61. The highest BCUT2D eigenvalue weighted by Gasteiger charge is 2.09. The van der Waals surface area contributed by atoms with Gasteiger partial charge in [0, 0.05) is 29.7 Å². The van der Waals surface area contributed by atoms with Crippen molar-refractivity contribution in [3.63, 3.8) is 0 Å². The van der Waals surface area contributed by atoms with E-state index in [0.717, 1.165) is 22.6 Å². The molecule has 3 aromatic rings. The van der Waals surface area contributed by atoms with Gasteiger partial charge in [0.2, 0.25) is 0 Å². The number of pyridine rings is 2. The molecule has 0 aliphatic rings. The molecule has 0 aliphatic carbocycles. The highest BCUT2D eigenvalue weighted by atomic mass is 16.5. The summed E-state index contributed by atoms with van der Waals surface area (Å²) < 4.78 is 5.32. The van der Waals surface area contributed by atoms with Crippen LogP contribution in [0.15, 0.2) is 53.3 Å². The van der Waals surface area contributed by atoms with Crippen LogP contribution >= 0.6 is 0 Å². The molecule has 3 heterocycles. The van der Waals surface area contributed by atoms with Gasteiger partial charge in [-0.15, -0.1) is 0 Å². The van der Waals surface area contributed by atoms with Crippen LogP contribution in [-0.2, 0) is 0 Å². The van der Waals surface area contributed by atoms with E-state index in [-0.39, 0.29) is 0 Å². The molecular weight excluding hydrogens is 226 g/mol. The van der Waals surface area contributed by atoms with Gasteiger partial charge in [-0.3, -0.25) is 4.98 Å². The molecular formula is C14H11N3O. The summed E-state index contributed by atoms with van der Waals surface area (Å²) >= 11 is 0. The number of rotatable bonds is 2. The first kappa shape index (κ1) is 10.7. The first-order chi connectivity index (χ1) is 8.83. The van der Waals surface area contributed by atoms with Gasteiger partial charge in [-0.2, -0.15) is 0 Å². The van der Waals surface area contributed by atoms with Crippen LogP contribution in [0.25, 0.3) is 22.7 Å². The van der Waals surface area contributed by atoms with Gasteiger partial charge >= 0.3 is 0 Å². The van der Waals surface area contributed by atoms with Crippen LogP contribution in [-0.4, -0.2) is 15.1 Å². The summed E-state index contributed by atoms with van der Waals surface area (Å²) in [4.78, 5) is 8.46. The number of hydrogen-bond donors (Lipinski definition) is 0. The zero-order chi connectivity index (χ0) is 12.4. The predicted molar refractivity (Wildman–Crippen MR) is 67.7 cm³/mol. The quantitative estimate of drug-likeness (QED) is 0.687. The van der Waals surface area contributed by atoms with Crippen LogP contribution in [0.2, 0.25) is 0 Å². The van der Waals surface area contributed by atoms with Crippen molar-refractivity contribution in [2.75, 3.05) is 0 Å². The third kappa shape index (κ3) is 2.00. The van der Waals surface area contributed by atoms with Gasteiger partial charge in [-0.05, 0) is 31.2 Å². The SMILES string of the molecule is Cc1cccc(-c2cc(-c3cccnc3)no2)n1. The van der Waals surface area contributed by atoms with Crippen molar-refractivity contribution < 1.29 is 4.52 Å². The van der Waals surface area contributed by atoms with E-state index in [2.05, 4.69) is 15.1 Å². The van der Waals surface area contributed by atoms with Crippen LogP contribution in [0.4, 0.5) is 0 Å². The normalized spacial score (nSPS) is 10.5. The minimum absolute atomic E-state index is 0.664. The van der Waals surface area contributed by atoms with E-state index in [1.807, 2.05) is 43.3 Å². The van der Waals surface area contributed by atoms with Gasteiger partial charge < -0.3 is 4.52 Å². The Morgan fingerprint density at radius 1 is 1.06 bits per heavy atom. The molecule has 3 aromatic heterocycles. The summed E-state index contributed by atoms with van der Waals surface area (Å²) in [6.07, 6.45) is 3.48. The molecule has 0 atom stereocenters. The molecule has 4 nitrogen and oxygen atoms in total. The minimum Gasteiger partial charge on any atom is -0.354 e. The maximum absolute atomic E-state index is 5.32.